The van der Waals surface area contributed by atoms with Crippen LogP contribution in [0.1, 0.15) is 30.0 Å². The van der Waals surface area contributed by atoms with Crippen molar-refractivity contribution in [1.82, 2.24) is 4.57 Å². The van der Waals surface area contributed by atoms with Crippen LogP contribution in [0.3, 0.4) is 0 Å². The molecule has 1 aromatic carbocycles. The summed E-state index contributed by atoms with van der Waals surface area (Å²) in [5.74, 6) is -0.0787. The Kier molecular flexibility index (Phi) is 5.73. The van der Waals surface area contributed by atoms with Gasteiger partial charge >= 0.3 is 0 Å². The first-order chi connectivity index (χ1) is 14.8. The lowest BCUT2D eigenvalue weighted by atomic mass is 9.98. The highest BCUT2D eigenvalue weighted by Crippen LogP contribution is 2.43. The Hall–Kier alpha value is -2.90. The van der Waals surface area contributed by atoms with E-state index in [-0.39, 0.29) is 30.5 Å². The minimum absolute atomic E-state index is 0.124. The number of rotatable bonds is 5. The number of hydrogen-bond donors (Lipinski definition) is 2. The van der Waals surface area contributed by atoms with E-state index in [0.29, 0.717) is 33.3 Å². The quantitative estimate of drug-likeness (QED) is 0.697. The van der Waals surface area contributed by atoms with Crippen LogP contribution < -0.4 is 16.2 Å². The van der Waals surface area contributed by atoms with Crippen molar-refractivity contribution < 1.29 is 9.90 Å². The van der Waals surface area contributed by atoms with Gasteiger partial charge in [-0.25, -0.2) is 0 Å². The van der Waals surface area contributed by atoms with E-state index in [0.717, 1.165) is 18.4 Å². The van der Waals surface area contributed by atoms with Gasteiger partial charge in [-0.05, 0) is 49.4 Å². The molecule has 1 aliphatic carbocycles. The number of amides is 1. The van der Waals surface area contributed by atoms with Gasteiger partial charge in [0.2, 0.25) is 0 Å². The van der Waals surface area contributed by atoms with Crippen molar-refractivity contribution in [3.63, 3.8) is 0 Å². The Morgan fingerprint density at radius 2 is 1.94 bits per heavy atom. The molecule has 2 aliphatic rings. The second kappa shape index (κ2) is 8.32. The minimum atomic E-state index is -0.541. The average Bonchev–Trinajstić information content (AvgIpc) is 3.55. The van der Waals surface area contributed by atoms with E-state index in [4.69, 9.17) is 17.3 Å². The first-order valence-corrected chi connectivity index (χ1v) is 10.6. The summed E-state index contributed by atoms with van der Waals surface area (Å²) in [7, 11) is 1.66. The number of benzene rings is 1. The number of nitrogens with two attached hydrogens (primary N) is 1. The van der Waals surface area contributed by atoms with Crippen molar-refractivity contribution in [2.75, 3.05) is 18.1 Å². The third kappa shape index (κ3) is 3.91. The van der Waals surface area contributed by atoms with Crippen LogP contribution in [0.5, 0.6) is 0 Å². The number of pyridine rings is 1. The second-order valence-electron chi connectivity index (χ2n) is 8.02. The molecule has 1 aliphatic heterocycles. The summed E-state index contributed by atoms with van der Waals surface area (Å²) in [5.41, 5.74) is 9.74. The second-order valence-corrected chi connectivity index (χ2v) is 8.46. The molecule has 0 bridgehead atoms. The summed E-state index contributed by atoms with van der Waals surface area (Å²) in [6, 6.07) is 8.41. The van der Waals surface area contributed by atoms with Crippen molar-refractivity contribution >= 4 is 28.9 Å². The molecule has 1 amide bonds. The van der Waals surface area contributed by atoms with E-state index in [1.165, 1.54) is 4.57 Å². The fourth-order valence-electron chi connectivity index (χ4n) is 4.02. The predicted octanol–water partition coefficient (Wildman–Crippen LogP) is 2.49. The Balaban J connectivity index is 1.96. The van der Waals surface area contributed by atoms with E-state index in [1.807, 2.05) is 12.1 Å². The lowest BCUT2D eigenvalue weighted by Crippen LogP contribution is -2.31. The average molecular weight is 441 g/mol. The van der Waals surface area contributed by atoms with Gasteiger partial charge < -0.3 is 15.4 Å². The lowest BCUT2D eigenvalue weighted by Gasteiger charge is -2.25. The molecule has 31 heavy (non-hydrogen) atoms. The third-order valence-corrected chi connectivity index (χ3v) is 5.96. The summed E-state index contributed by atoms with van der Waals surface area (Å²) in [6.45, 7) is 1.74. The zero-order valence-electron chi connectivity index (χ0n) is 17.5. The van der Waals surface area contributed by atoms with E-state index in [2.05, 4.69) is 4.99 Å². The normalized spacial score (nSPS) is 21.8. The van der Waals surface area contributed by atoms with Gasteiger partial charge in [0.25, 0.3) is 11.5 Å². The van der Waals surface area contributed by atoms with E-state index in [1.54, 1.807) is 43.3 Å². The first kappa shape index (κ1) is 21.3. The van der Waals surface area contributed by atoms with Crippen molar-refractivity contribution in [2.45, 2.75) is 25.8 Å². The van der Waals surface area contributed by atoms with E-state index in [9.17, 15) is 14.7 Å². The highest BCUT2D eigenvalue weighted by molar-refractivity contribution is 6.35. The number of anilines is 1. The van der Waals surface area contributed by atoms with Gasteiger partial charge in [-0.15, -0.1) is 0 Å². The molecule has 1 unspecified atom stereocenters. The van der Waals surface area contributed by atoms with E-state index < -0.39 is 6.04 Å². The molecule has 2 aromatic rings. The first-order valence-electron chi connectivity index (χ1n) is 10.2. The van der Waals surface area contributed by atoms with Crippen molar-refractivity contribution in [1.29, 1.82) is 0 Å². The number of aryl methyl sites for hydroxylation is 2. The van der Waals surface area contributed by atoms with Crippen LogP contribution in [-0.4, -0.2) is 34.4 Å². The molecule has 4 rings (SSSR count). The zero-order chi connectivity index (χ0) is 22.3. The van der Waals surface area contributed by atoms with Crippen molar-refractivity contribution in [3.8, 4) is 0 Å². The Bertz CT molecular complexity index is 1120. The summed E-state index contributed by atoms with van der Waals surface area (Å²) in [5, 5.41) is 9.99. The number of aliphatic hydroxyl groups excluding tert-OH is 1. The summed E-state index contributed by atoms with van der Waals surface area (Å²) >= 11 is 6.10. The minimum Gasteiger partial charge on any atom is -0.401 e. The molecule has 0 radical (unpaired) electrons. The molecule has 1 aromatic heterocycles. The van der Waals surface area contributed by atoms with Gasteiger partial charge in [-0.3, -0.25) is 19.5 Å². The maximum absolute atomic E-state index is 13.7. The van der Waals surface area contributed by atoms with Crippen molar-refractivity contribution in [3.05, 3.63) is 74.3 Å². The number of aliphatic hydroxyl groups is 1. The molecular formula is C23H25ClN4O3. The van der Waals surface area contributed by atoms with Gasteiger partial charge in [0.15, 0.2) is 0 Å². The number of carbonyl (C=O) groups excluding carboxylic acids is 1. The Labute approximate surface area is 185 Å². The van der Waals surface area contributed by atoms with E-state index >= 15 is 0 Å². The molecule has 1 saturated heterocycles. The summed E-state index contributed by atoms with van der Waals surface area (Å²) in [4.78, 5) is 32.2. The van der Waals surface area contributed by atoms with Crippen LogP contribution in [-0.2, 0) is 11.8 Å². The molecule has 7 nitrogen and oxygen atoms in total. The predicted molar refractivity (Wildman–Crippen MR) is 121 cm³/mol. The van der Waals surface area contributed by atoms with Crippen LogP contribution in [0.4, 0.5) is 5.69 Å². The van der Waals surface area contributed by atoms with Gasteiger partial charge in [0.1, 0.15) is 6.04 Å². The monoisotopic (exact) mass is 440 g/mol. The molecule has 3 N–H and O–H groups in total. The van der Waals surface area contributed by atoms with Crippen LogP contribution in [0, 0.1) is 12.8 Å². The third-order valence-electron chi connectivity index (χ3n) is 5.71. The van der Waals surface area contributed by atoms with Gasteiger partial charge in [-0.2, -0.15) is 0 Å². The number of hydrogen-bond acceptors (Lipinski definition) is 5. The molecular weight excluding hydrogens is 416 g/mol. The molecule has 162 valence electrons. The number of aromatic nitrogens is 1. The maximum Gasteiger partial charge on any atom is 0.262 e. The summed E-state index contributed by atoms with van der Waals surface area (Å²) in [6.07, 6.45) is 3.54. The van der Waals surface area contributed by atoms with Crippen LogP contribution in [0.15, 0.2) is 57.6 Å². The molecule has 8 heteroatoms. The fraction of sp³-hybridized carbons (Fsp3) is 0.348. The zero-order valence-corrected chi connectivity index (χ0v) is 18.3. The van der Waals surface area contributed by atoms with Crippen LogP contribution in [0.25, 0.3) is 0 Å². The number of nitrogens with zero attached hydrogens (tertiary/aromatic N) is 3. The Morgan fingerprint density at radius 1 is 1.26 bits per heavy atom. The largest absolute Gasteiger partial charge is 0.401 e. The maximum atomic E-state index is 13.7. The number of allylic oxidation sites excluding steroid dienone is 1. The highest BCUT2D eigenvalue weighted by atomic mass is 35.5. The molecule has 0 spiro atoms. The topological polar surface area (TPSA) is 101 Å². The summed E-state index contributed by atoms with van der Waals surface area (Å²) < 4.78 is 1.47. The van der Waals surface area contributed by atoms with Crippen LogP contribution in [0.2, 0.25) is 5.02 Å². The molecule has 2 fully saturated rings. The Morgan fingerprint density at radius 3 is 2.52 bits per heavy atom. The number of aliphatic imine (C=N–C) groups is 1. The standard InChI is InChI=1S/C23H25ClN4O3/c1-13-11-17(12-27(2)22(13)30)28-21(15-5-7-16(24)8-6-15)20(26-9-10-29)18(23(28)31)19(25)14-3-4-14/h5-8,11-12,14,21,29H,3-4,9-10,25H2,1-2H3/b19-18+,26-20?. The van der Waals surface area contributed by atoms with Gasteiger partial charge in [-0.1, -0.05) is 23.7 Å². The van der Waals surface area contributed by atoms with Gasteiger partial charge in [0.05, 0.1) is 30.1 Å². The molecule has 1 atom stereocenters. The van der Waals surface area contributed by atoms with Crippen molar-refractivity contribution in [2.24, 2.45) is 23.7 Å². The smallest absolute Gasteiger partial charge is 0.262 e. The molecule has 2 heterocycles. The number of carbonyl (C=O) groups is 1. The highest BCUT2D eigenvalue weighted by Gasteiger charge is 2.46. The lowest BCUT2D eigenvalue weighted by molar-refractivity contribution is -0.114. The fourth-order valence-corrected chi connectivity index (χ4v) is 4.14. The number of halogens is 1. The van der Waals surface area contributed by atoms with Crippen LogP contribution >= 0.6 is 11.6 Å². The van der Waals surface area contributed by atoms with Gasteiger partial charge in [0, 0.05) is 29.5 Å². The molecule has 1 saturated carbocycles. The SMILES string of the molecule is Cc1cc(N2C(=O)/C(=C(/N)C3CC3)C(=NCCO)C2c2ccc(Cl)cc2)cn(C)c1=O.